The average Bonchev–Trinajstić information content (AvgIpc) is 3.02. The molecule has 1 aromatic rings. The van der Waals surface area contributed by atoms with Crippen LogP contribution in [0.15, 0.2) is 23.1 Å². The summed E-state index contributed by atoms with van der Waals surface area (Å²) in [6.07, 6.45) is 1.92. The van der Waals surface area contributed by atoms with Crippen LogP contribution in [0.1, 0.15) is 30.4 Å². The predicted molar refractivity (Wildman–Crippen MR) is 85.1 cm³/mol. The fourth-order valence-electron chi connectivity index (χ4n) is 3.18. The van der Waals surface area contributed by atoms with Gasteiger partial charge in [-0.15, -0.1) is 0 Å². The third kappa shape index (κ3) is 3.41. The summed E-state index contributed by atoms with van der Waals surface area (Å²) in [5, 5.41) is 2.62. The van der Waals surface area contributed by atoms with Crippen LogP contribution in [0.4, 0.5) is 0 Å². The molecule has 0 unspecified atom stereocenters. The fraction of sp³-hybridized carbons (Fsp3) is 0.562. The van der Waals surface area contributed by atoms with Crippen LogP contribution in [0.5, 0.6) is 0 Å². The van der Waals surface area contributed by atoms with Crippen LogP contribution in [0.3, 0.4) is 0 Å². The molecule has 2 aliphatic rings. The normalized spacial score (nSPS) is 19.5. The van der Waals surface area contributed by atoms with Gasteiger partial charge < -0.3 is 10.1 Å². The summed E-state index contributed by atoms with van der Waals surface area (Å²) in [6.45, 7) is 1.97. The lowest BCUT2D eigenvalue weighted by molar-refractivity contribution is -0.121. The van der Waals surface area contributed by atoms with Gasteiger partial charge in [-0.2, -0.15) is 4.31 Å². The summed E-state index contributed by atoms with van der Waals surface area (Å²) in [5.74, 6) is 0.278. The van der Waals surface area contributed by atoms with Crippen molar-refractivity contribution < 1.29 is 17.9 Å². The van der Waals surface area contributed by atoms with Gasteiger partial charge in [-0.25, -0.2) is 8.42 Å². The minimum Gasteiger partial charge on any atom is -0.372 e. The van der Waals surface area contributed by atoms with Crippen LogP contribution in [-0.4, -0.2) is 38.8 Å². The summed E-state index contributed by atoms with van der Waals surface area (Å²) < 4.78 is 32.4. The molecule has 23 heavy (non-hydrogen) atoms. The number of rotatable bonds is 4. The van der Waals surface area contributed by atoms with E-state index in [1.807, 2.05) is 6.07 Å². The number of hydrogen-bond acceptors (Lipinski definition) is 4. The van der Waals surface area contributed by atoms with Gasteiger partial charge in [-0.3, -0.25) is 4.79 Å². The Balaban J connectivity index is 1.68. The van der Waals surface area contributed by atoms with E-state index in [9.17, 15) is 13.2 Å². The van der Waals surface area contributed by atoms with Crippen LogP contribution in [0, 0.1) is 5.92 Å². The van der Waals surface area contributed by atoms with Gasteiger partial charge in [-0.05, 0) is 42.0 Å². The highest BCUT2D eigenvalue weighted by Crippen LogP contribution is 2.28. The van der Waals surface area contributed by atoms with E-state index in [-0.39, 0.29) is 11.8 Å². The lowest BCUT2D eigenvalue weighted by Gasteiger charge is -2.31. The number of nitrogens with zero attached hydrogens (tertiary/aromatic N) is 1. The summed E-state index contributed by atoms with van der Waals surface area (Å²) in [6, 6.07) is 5.24. The molecule has 1 saturated heterocycles. The van der Waals surface area contributed by atoms with E-state index >= 15 is 0 Å². The maximum Gasteiger partial charge on any atom is 0.243 e. The van der Waals surface area contributed by atoms with Crippen molar-refractivity contribution in [1.82, 2.24) is 9.62 Å². The molecule has 0 bridgehead atoms. The van der Waals surface area contributed by atoms with Gasteiger partial charge in [0.05, 0.1) is 18.1 Å². The highest BCUT2D eigenvalue weighted by Gasteiger charge is 2.30. The first-order valence-corrected chi connectivity index (χ1v) is 9.35. The van der Waals surface area contributed by atoms with Gasteiger partial charge in [0.1, 0.15) is 0 Å². The zero-order valence-electron chi connectivity index (χ0n) is 13.2. The van der Waals surface area contributed by atoms with Gasteiger partial charge in [-0.1, -0.05) is 6.07 Å². The third-order valence-electron chi connectivity index (χ3n) is 4.66. The van der Waals surface area contributed by atoms with Crippen molar-refractivity contribution in [3.05, 3.63) is 29.3 Å². The Morgan fingerprint density at radius 1 is 1.26 bits per heavy atom. The van der Waals surface area contributed by atoms with Crippen molar-refractivity contribution in [2.75, 3.05) is 20.1 Å². The van der Waals surface area contributed by atoms with Gasteiger partial charge >= 0.3 is 0 Å². The molecule has 0 radical (unpaired) electrons. The van der Waals surface area contributed by atoms with Crippen molar-refractivity contribution in [3.8, 4) is 0 Å². The molecule has 2 aliphatic heterocycles. The lowest BCUT2D eigenvalue weighted by Crippen LogP contribution is -2.39. The van der Waals surface area contributed by atoms with E-state index in [2.05, 4.69) is 5.32 Å². The van der Waals surface area contributed by atoms with E-state index in [4.69, 9.17) is 4.74 Å². The molecule has 7 heteroatoms. The van der Waals surface area contributed by atoms with Crippen molar-refractivity contribution in [2.45, 2.75) is 37.4 Å². The number of carbonyl (C=O) groups excluding carboxylic acids is 1. The SMILES string of the molecule is CNC(=O)CC1CCN(S(=O)(=O)c2ccc3c(c2)COC3)CC1. The maximum absolute atomic E-state index is 12.8. The standard InChI is InChI=1S/C16H22N2O4S/c1-17-16(19)8-12-4-6-18(7-5-12)23(20,21)15-3-2-13-10-22-11-14(13)9-15/h2-3,9,12H,4-8,10-11H2,1H3,(H,17,19). The minimum atomic E-state index is -3.46. The lowest BCUT2D eigenvalue weighted by atomic mass is 9.94. The third-order valence-corrected chi connectivity index (χ3v) is 6.55. The molecule has 1 amide bonds. The molecule has 6 nitrogen and oxygen atoms in total. The van der Waals surface area contributed by atoms with E-state index in [0.717, 1.165) is 24.0 Å². The Bertz CT molecular complexity index is 694. The summed E-state index contributed by atoms with van der Waals surface area (Å²) in [7, 11) is -1.84. The number of sulfonamides is 1. The van der Waals surface area contributed by atoms with Gasteiger partial charge in [0, 0.05) is 26.6 Å². The maximum atomic E-state index is 12.8. The molecule has 0 atom stereocenters. The molecule has 0 spiro atoms. The second-order valence-corrected chi connectivity index (χ2v) is 8.09. The zero-order chi connectivity index (χ0) is 16.4. The number of hydrogen-bond donors (Lipinski definition) is 1. The van der Waals surface area contributed by atoms with E-state index in [0.29, 0.717) is 37.6 Å². The van der Waals surface area contributed by atoms with Crippen molar-refractivity contribution >= 4 is 15.9 Å². The van der Waals surface area contributed by atoms with E-state index in [1.54, 1.807) is 19.2 Å². The van der Waals surface area contributed by atoms with Crippen molar-refractivity contribution in [1.29, 1.82) is 0 Å². The number of nitrogens with one attached hydrogen (secondary N) is 1. The van der Waals surface area contributed by atoms with E-state index in [1.165, 1.54) is 4.31 Å². The molecule has 126 valence electrons. The number of carbonyl (C=O) groups is 1. The minimum absolute atomic E-state index is 0.0185. The highest BCUT2D eigenvalue weighted by molar-refractivity contribution is 7.89. The largest absolute Gasteiger partial charge is 0.372 e. The Morgan fingerprint density at radius 3 is 2.65 bits per heavy atom. The number of ether oxygens (including phenoxy) is 1. The van der Waals surface area contributed by atoms with Crippen LogP contribution < -0.4 is 5.32 Å². The summed E-state index contributed by atoms with van der Waals surface area (Å²) >= 11 is 0. The van der Waals surface area contributed by atoms with Crippen LogP contribution in [0.25, 0.3) is 0 Å². The second-order valence-electron chi connectivity index (χ2n) is 6.15. The Hall–Kier alpha value is -1.44. The molecule has 1 N–H and O–H groups in total. The molecule has 2 heterocycles. The first-order valence-electron chi connectivity index (χ1n) is 7.91. The summed E-state index contributed by atoms with van der Waals surface area (Å²) in [4.78, 5) is 11.8. The first kappa shape index (κ1) is 16.4. The van der Waals surface area contributed by atoms with Crippen LogP contribution in [0.2, 0.25) is 0 Å². The van der Waals surface area contributed by atoms with Gasteiger partial charge in [0.25, 0.3) is 0 Å². The van der Waals surface area contributed by atoms with Gasteiger partial charge in [0.15, 0.2) is 0 Å². The number of piperidine rings is 1. The second kappa shape index (κ2) is 6.59. The first-order chi connectivity index (χ1) is 11.0. The van der Waals surface area contributed by atoms with Crippen molar-refractivity contribution in [2.24, 2.45) is 5.92 Å². The smallest absolute Gasteiger partial charge is 0.243 e. The molecule has 3 rings (SSSR count). The highest BCUT2D eigenvalue weighted by atomic mass is 32.2. The molecular weight excluding hydrogens is 316 g/mol. The average molecular weight is 338 g/mol. The molecule has 0 aromatic heterocycles. The summed E-state index contributed by atoms with van der Waals surface area (Å²) in [5.41, 5.74) is 2.02. The van der Waals surface area contributed by atoms with Crippen LogP contribution in [-0.2, 0) is 32.8 Å². The number of benzene rings is 1. The molecule has 0 saturated carbocycles. The van der Waals surface area contributed by atoms with Crippen molar-refractivity contribution in [3.63, 3.8) is 0 Å². The predicted octanol–water partition coefficient (Wildman–Crippen LogP) is 1.25. The molecule has 1 fully saturated rings. The van der Waals surface area contributed by atoms with Crippen LogP contribution >= 0.6 is 0 Å². The zero-order valence-corrected chi connectivity index (χ0v) is 14.1. The Kier molecular flexibility index (Phi) is 4.70. The van der Waals surface area contributed by atoms with E-state index < -0.39 is 10.0 Å². The Morgan fingerprint density at radius 2 is 1.96 bits per heavy atom. The topological polar surface area (TPSA) is 75.7 Å². The van der Waals surface area contributed by atoms with Gasteiger partial charge in [0.2, 0.25) is 15.9 Å². The monoisotopic (exact) mass is 338 g/mol. The molecule has 0 aliphatic carbocycles. The molecule has 1 aromatic carbocycles. The number of amides is 1. The quantitative estimate of drug-likeness (QED) is 0.897. The fourth-order valence-corrected chi connectivity index (χ4v) is 4.70. The Labute approximate surface area is 136 Å². The molecular formula is C16H22N2O4S. The number of fused-ring (bicyclic) bond motifs is 1.